The van der Waals surface area contributed by atoms with Crippen molar-refractivity contribution in [2.75, 3.05) is 33.8 Å². The number of amides is 1. The SMILES string of the molecule is CCOc1cccc([C@@H]2c3c(oc4ccccc4c3=O)C(=O)N2CCN(C)C)c1. The minimum Gasteiger partial charge on any atom is -0.494 e. The van der Waals surface area contributed by atoms with Crippen LogP contribution in [0.15, 0.2) is 57.7 Å². The van der Waals surface area contributed by atoms with Crippen molar-refractivity contribution in [3.8, 4) is 5.75 Å². The van der Waals surface area contributed by atoms with Crippen molar-refractivity contribution in [2.24, 2.45) is 0 Å². The monoisotopic (exact) mass is 392 g/mol. The Morgan fingerprint density at radius 1 is 1.10 bits per heavy atom. The van der Waals surface area contributed by atoms with Crippen molar-refractivity contribution in [3.05, 3.63) is 75.6 Å². The Morgan fingerprint density at radius 2 is 1.90 bits per heavy atom. The maximum atomic E-state index is 13.4. The van der Waals surface area contributed by atoms with Crippen molar-refractivity contribution in [1.29, 1.82) is 0 Å². The molecule has 1 aliphatic heterocycles. The van der Waals surface area contributed by atoms with E-state index in [1.807, 2.05) is 50.2 Å². The van der Waals surface area contributed by atoms with Crippen LogP contribution in [0.3, 0.4) is 0 Å². The van der Waals surface area contributed by atoms with Gasteiger partial charge in [-0.1, -0.05) is 24.3 Å². The molecule has 0 N–H and O–H groups in total. The van der Waals surface area contributed by atoms with Gasteiger partial charge in [-0.3, -0.25) is 9.59 Å². The Kier molecular flexibility index (Phi) is 5.11. The van der Waals surface area contributed by atoms with Gasteiger partial charge in [0, 0.05) is 13.1 Å². The number of rotatable bonds is 6. The number of likely N-dealkylation sites (N-methyl/N-ethyl adjacent to an activating group) is 1. The van der Waals surface area contributed by atoms with Gasteiger partial charge in [-0.15, -0.1) is 0 Å². The molecule has 0 spiro atoms. The topological polar surface area (TPSA) is 63.0 Å². The third kappa shape index (κ3) is 3.40. The minimum absolute atomic E-state index is 0.138. The Hall–Kier alpha value is -3.12. The van der Waals surface area contributed by atoms with Gasteiger partial charge in [-0.25, -0.2) is 0 Å². The Balaban J connectivity index is 1.91. The molecular formula is C23H24N2O4. The first kappa shape index (κ1) is 19.2. The van der Waals surface area contributed by atoms with E-state index in [0.29, 0.717) is 42.0 Å². The standard InChI is InChI=1S/C23H24N2O4/c1-4-28-16-9-7-8-15(14-16)20-19-21(26)17-10-5-6-11-18(17)29-22(19)23(27)25(20)13-12-24(2)3/h5-11,14,20H,4,12-13H2,1-3H3/t20-/m1/s1. The van der Waals surface area contributed by atoms with Gasteiger partial charge in [0.15, 0.2) is 5.43 Å². The van der Waals surface area contributed by atoms with E-state index in [1.54, 1.807) is 29.2 Å². The highest BCUT2D eigenvalue weighted by molar-refractivity contribution is 5.99. The highest BCUT2D eigenvalue weighted by Gasteiger charge is 2.42. The Morgan fingerprint density at radius 3 is 2.66 bits per heavy atom. The summed E-state index contributed by atoms with van der Waals surface area (Å²) in [6, 6.07) is 14.1. The lowest BCUT2D eigenvalue weighted by molar-refractivity contribution is 0.0716. The first-order chi connectivity index (χ1) is 14.0. The first-order valence-electron chi connectivity index (χ1n) is 9.75. The molecule has 2 aromatic carbocycles. The van der Waals surface area contributed by atoms with Crippen LogP contribution in [-0.2, 0) is 0 Å². The Bertz CT molecular complexity index is 1120. The molecule has 29 heavy (non-hydrogen) atoms. The van der Waals surface area contributed by atoms with Gasteiger partial charge in [0.05, 0.1) is 23.6 Å². The van der Waals surface area contributed by atoms with Gasteiger partial charge in [0.1, 0.15) is 11.3 Å². The summed E-state index contributed by atoms with van der Waals surface area (Å²) in [6.45, 7) is 3.62. The number of carbonyl (C=O) groups is 1. The summed E-state index contributed by atoms with van der Waals surface area (Å²) < 4.78 is 11.6. The van der Waals surface area contributed by atoms with Crippen molar-refractivity contribution in [3.63, 3.8) is 0 Å². The number of carbonyl (C=O) groups excluding carboxylic acids is 1. The minimum atomic E-state index is -0.501. The van der Waals surface area contributed by atoms with Crippen LogP contribution in [0.1, 0.15) is 34.6 Å². The zero-order valence-electron chi connectivity index (χ0n) is 16.8. The van der Waals surface area contributed by atoms with Crippen molar-refractivity contribution in [1.82, 2.24) is 9.80 Å². The molecule has 1 amide bonds. The van der Waals surface area contributed by atoms with Crippen LogP contribution in [0.2, 0.25) is 0 Å². The predicted molar refractivity (Wildman–Crippen MR) is 112 cm³/mol. The van der Waals surface area contributed by atoms with E-state index in [1.165, 1.54) is 0 Å². The van der Waals surface area contributed by atoms with Crippen LogP contribution >= 0.6 is 0 Å². The molecule has 150 valence electrons. The maximum absolute atomic E-state index is 13.4. The van der Waals surface area contributed by atoms with E-state index in [-0.39, 0.29) is 17.1 Å². The largest absolute Gasteiger partial charge is 0.494 e. The molecule has 0 bridgehead atoms. The fraction of sp³-hybridized carbons (Fsp3) is 0.304. The van der Waals surface area contributed by atoms with Gasteiger partial charge in [0.25, 0.3) is 5.91 Å². The second-order valence-corrected chi connectivity index (χ2v) is 7.38. The number of hydrogen-bond donors (Lipinski definition) is 0. The number of ether oxygens (including phenoxy) is 1. The number of nitrogens with zero attached hydrogens (tertiary/aromatic N) is 2. The van der Waals surface area contributed by atoms with Gasteiger partial charge in [-0.05, 0) is 50.8 Å². The Labute approximate surface area is 169 Å². The van der Waals surface area contributed by atoms with Crippen LogP contribution in [0.5, 0.6) is 5.75 Å². The molecule has 0 fully saturated rings. The second-order valence-electron chi connectivity index (χ2n) is 7.38. The average Bonchev–Trinajstić information content (AvgIpc) is 2.99. The lowest BCUT2D eigenvalue weighted by Gasteiger charge is -2.26. The third-order valence-corrected chi connectivity index (χ3v) is 5.15. The maximum Gasteiger partial charge on any atom is 0.290 e. The molecule has 3 aromatic rings. The summed E-state index contributed by atoms with van der Waals surface area (Å²) in [5, 5.41) is 0.486. The lowest BCUT2D eigenvalue weighted by atomic mass is 9.98. The zero-order valence-corrected chi connectivity index (χ0v) is 16.8. The van der Waals surface area contributed by atoms with Crippen LogP contribution in [0, 0.1) is 0 Å². The number of para-hydroxylation sites is 1. The molecular weight excluding hydrogens is 368 g/mol. The van der Waals surface area contributed by atoms with Crippen LogP contribution in [0.25, 0.3) is 11.0 Å². The molecule has 0 unspecified atom stereocenters. The zero-order chi connectivity index (χ0) is 20.5. The highest BCUT2D eigenvalue weighted by atomic mass is 16.5. The van der Waals surface area contributed by atoms with Gasteiger partial charge in [-0.2, -0.15) is 0 Å². The van der Waals surface area contributed by atoms with Gasteiger partial charge in [0.2, 0.25) is 5.76 Å². The predicted octanol–water partition coefficient (Wildman–Crippen LogP) is 3.30. The summed E-state index contributed by atoms with van der Waals surface area (Å²) in [4.78, 5) is 30.3. The molecule has 0 saturated heterocycles. The fourth-order valence-electron chi connectivity index (χ4n) is 3.79. The smallest absolute Gasteiger partial charge is 0.290 e. The summed E-state index contributed by atoms with van der Waals surface area (Å²) in [6.07, 6.45) is 0. The quantitative estimate of drug-likeness (QED) is 0.644. The highest BCUT2D eigenvalue weighted by Crippen LogP contribution is 2.38. The second kappa shape index (κ2) is 7.72. The molecule has 4 rings (SSSR count). The van der Waals surface area contributed by atoms with E-state index in [2.05, 4.69) is 0 Å². The van der Waals surface area contributed by atoms with Crippen molar-refractivity contribution in [2.45, 2.75) is 13.0 Å². The summed E-state index contributed by atoms with van der Waals surface area (Å²) in [5.41, 5.74) is 1.51. The molecule has 0 aliphatic carbocycles. The van der Waals surface area contributed by atoms with Gasteiger partial charge >= 0.3 is 0 Å². The summed E-state index contributed by atoms with van der Waals surface area (Å²) >= 11 is 0. The van der Waals surface area contributed by atoms with Crippen molar-refractivity contribution >= 4 is 16.9 Å². The number of hydrogen-bond acceptors (Lipinski definition) is 5. The van der Waals surface area contributed by atoms with Crippen molar-refractivity contribution < 1.29 is 13.9 Å². The van der Waals surface area contributed by atoms with E-state index in [4.69, 9.17) is 9.15 Å². The summed E-state index contributed by atoms with van der Waals surface area (Å²) in [7, 11) is 3.91. The van der Waals surface area contributed by atoms with Crippen LogP contribution < -0.4 is 10.2 Å². The first-order valence-corrected chi connectivity index (χ1v) is 9.75. The molecule has 0 radical (unpaired) electrons. The molecule has 1 aliphatic rings. The molecule has 1 atom stereocenters. The number of benzene rings is 2. The molecule has 6 heteroatoms. The molecule has 0 saturated carbocycles. The van der Waals surface area contributed by atoms with Crippen LogP contribution in [0.4, 0.5) is 0 Å². The van der Waals surface area contributed by atoms with E-state index in [9.17, 15) is 9.59 Å². The van der Waals surface area contributed by atoms with Crippen LogP contribution in [-0.4, -0.2) is 49.5 Å². The van der Waals surface area contributed by atoms with E-state index < -0.39 is 6.04 Å². The fourth-order valence-corrected chi connectivity index (χ4v) is 3.79. The van der Waals surface area contributed by atoms with E-state index >= 15 is 0 Å². The van der Waals surface area contributed by atoms with E-state index in [0.717, 1.165) is 5.56 Å². The summed E-state index contributed by atoms with van der Waals surface area (Å²) in [5.74, 6) is 0.597. The van der Waals surface area contributed by atoms with Gasteiger partial charge < -0.3 is 19.0 Å². The normalized spacial score (nSPS) is 15.9. The lowest BCUT2D eigenvalue weighted by Crippen LogP contribution is -2.35. The molecule has 2 heterocycles. The third-order valence-electron chi connectivity index (χ3n) is 5.15. The molecule has 6 nitrogen and oxygen atoms in total. The number of fused-ring (bicyclic) bond motifs is 2. The average molecular weight is 392 g/mol. The molecule has 1 aromatic heterocycles.